The number of nitrogens with two attached hydrogens (primary N) is 1. The van der Waals surface area contributed by atoms with Gasteiger partial charge in [-0.1, -0.05) is 0 Å². The molecule has 0 saturated heterocycles. The van der Waals surface area contributed by atoms with Crippen LogP contribution >= 0.6 is 11.6 Å². The zero-order chi connectivity index (χ0) is 9.14. The van der Waals surface area contributed by atoms with Crippen LogP contribution in [-0.4, -0.2) is 11.1 Å². The minimum atomic E-state index is -0.963. The minimum absolute atomic E-state index is 0.163. The van der Waals surface area contributed by atoms with E-state index in [9.17, 15) is 4.79 Å². The maximum atomic E-state index is 10.2. The van der Waals surface area contributed by atoms with E-state index in [1.165, 1.54) is 6.07 Å². The lowest BCUT2D eigenvalue weighted by molar-refractivity contribution is -0.137. The molecule has 0 fully saturated rings. The first-order valence-electron chi connectivity index (χ1n) is 3.32. The largest absolute Gasteiger partial charge is 0.481 e. The van der Waals surface area contributed by atoms with Gasteiger partial charge in [-0.2, -0.15) is 0 Å². The Kier molecular flexibility index (Phi) is 2.73. The van der Waals surface area contributed by atoms with Crippen molar-refractivity contribution in [3.8, 4) is 0 Å². The highest BCUT2D eigenvalue weighted by Gasteiger charge is 2.13. The number of carbonyl (C=O) groups is 1. The van der Waals surface area contributed by atoms with Gasteiger partial charge in [0.2, 0.25) is 0 Å². The molecule has 1 aromatic heterocycles. The summed E-state index contributed by atoms with van der Waals surface area (Å²) in [6.07, 6.45) is -0.163. The fourth-order valence-electron chi connectivity index (χ4n) is 0.816. The molecule has 0 spiro atoms. The standard InChI is InChI=1S/C7H8ClNO3/c8-6-2-1-5(12-6)4(9)3-7(10)11/h1-2,4H,3,9H2,(H,10,11)/t4-/m1/s1. The Morgan fingerprint density at radius 2 is 2.42 bits per heavy atom. The van der Waals surface area contributed by atoms with Crippen LogP contribution in [0.2, 0.25) is 5.22 Å². The second-order valence-corrected chi connectivity index (χ2v) is 2.72. The van der Waals surface area contributed by atoms with Crippen LogP contribution < -0.4 is 5.73 Å². The molecule has 0 saturated carbocycles. The Hall–Kier alpha value is -1.00. The van der Waals surface area contributed by atoms with Gasteiger partial charge in [0, 0.05) is 0 Å². The Balaban J connectivity index is 2.64. The number of carboxylic acid groups (broad SMARTS) is 1. The molecule has 1 rings (SSSR count). The number of halogens is 1. The Labute approximate surface area is 73.9 Å². The smallest absolute Gasteiger partial charge is 0.305 e. The van der Waals surface area contributed by atoms with Crippen molar-refractivity contribution in [1.29, 1.82) is 0 Å². The van der Waals surface area contributed by atoms with E-state index in [1.807, 2.05) is 0 Å². The Morgan fingerprint density at radius 1 is 1.75 bits per heavy atom. The third-order valence-corrected chi connectivity index (χ3v) is 1.56. The highest BCUT2D eigenvalue weighted by Crippen LogP contribution is 2.20. The van der Waals surface area contributed by atoms with Crippen molar-refractivity contribution < 1.29 is 14.3 Å². The summed E-state index contributed by atoms with van der Waals surface area (Å²) in [4.78, 5) is 10.2. The van der Waals surface area contributed by atoms with Crippen LogP contribution in [0.15, 0.2) is 16.5 Å². The number of hydrogen-bond acceptors (Lipinski definition) is 3. The number of carboxylic acids is 1. The molecule has 5 heteroatoms. The second-order valence-electron chi connectivity index (χ2n) is 2.35. The average Bonchev–Trinajstić information content (AvgIpc) is 2.34. The molecule has 1 atom stereocenters. The summed E-state index contributed by atoms with van der Waals surface area (Å²) in [7, 11) is 0. The first-order chi connectivity index (χ1) is 5.59. The second kappa shape index (κ2) is 3.60. The Morgan fingerprint density at radius 3 is 2.83 bits per heavy atom. The van der Waals surface area contributed by atoms with Crippen molar-refractivity contribution in [1.82, 2.24) is 0 Å². The van der Waals surface area contributed by atoms with Crippen molar-refractivity contribution in [3.05, 3.63) is 23.1 Å². The monoisotopic (exact) mass is 189 g/mol. The molecule has 4 nitrogen and oxygen atoms in total. The van der Waals surface area contributed by atoms with Crippen LogP contribution in [0, 0.1) is 0 Å². The molecular weight excluding hydrogens is 182 g/mol. The van der Waals surface area contributed by atoms with Crippen molar-refractivity contribution >= 4 is 17.6 Å². The SMILES string of the molecule is N[C@H](CC(=O)O)c1ccc(Cl)o1. The highest BCUT2D eigenvalue weighted by molar-refractivity contribution is 6.28. The summed E-state index contributed by atoms with van der Waals surface area (Å²) in [5.41, 5.74) is 5.48. The molecule has 0 aliphatic heterocycles. The lowest BCUT2D eigenvalue weighted by Gasteiger charge is -2.03. The van der Waals surface area contributed by atoms with Crippen molar-refractivity contribution in [2.45, 2.75) is 12.5 Å². The molecule has 3 N–H and O–H groups in total. The van der Waals surface area contributed by atoms with Crippen molar-refractivity contribution in [3.63, 3.8) is 0 Å². The third kappa shape index (κ3) is 2.25. The maximum Gasteiger partial charge on any atom is 0.305 e. The van der Waals surface area contributed by atoms with E-state index in [1.54, 1.807) is 6.07 Å². The van der Waals surface area contributed by atoms with Crippen LogP contribution in [0.5, 0.6) is 0 Å². The van der Waals surface area contributed by atoms with Gasteiger partial charge in [-0.15, -0.1) is 0 Å². The van der Waals surface area contributed by atoms with Gasteiger partial charge in [-0.25, -0.2) is 0 Å². The number of furan rings is 1. The average molecular weight is 190 g/mol. The zero-order valence-corrected chi connectivity index (χ0v) is 6.91. The summed E-state index contributed by atoms with van der Waals surface area (Å²) in [5, 5.41) is 8.61. The number of rotatable bonds is 3. The molecule has 0 aliphatic rings. The van der Waals surface area contributed by atoms with Gasteiger partial charge >= 0.3 is 5.97 Å². The summed E-state index contributed by atoms with van der Waals surface area (Å²) in [5.74, 6) is -0.572. The number of hydrogen-bond donors (Lipinski definition) is 2. The lowest BCUT2D eigenvalue weighted by atomic mass is 10.2. The minimum Gasteiger partial charge on any atom is -0.481 e. The van der Waals surface area contributed by atoms with Crippen LogP contribution in [0.1, 0.15) is 18.2 Å². The van der Waals surface area contributed by atoms with E-state index >= 15 is 0 Å². The van der Waals surface area contributed by atoms with Crippen LogP contribution in [-0.2, 0) is 4.79 Å². The summed E-state index contributed by atoms with van der Waals surface area (Å²) >= 11 is 5.47. The Bertz CT molecular complexity index is 284. The first-order valence-corrected chi connectivity index (χ1v) is 3.70. The van der Waals surface area contributed by atoms with Gasteiger partial charge in [-0.05, 0) is 23.7 Å². The fraction of sp³-hybridized carbons (Fsp3) is 0.286. The van der Waals surface area contributed by atoms with E-state index in [0.29, 0.717) is 5.76 Å². The fourth-order valence-corrected chi connectivity index (χ4v) is 0.968. The van der Waals surface area contributed by atoms with Crippen molar-refractivity contribution in [2.75, 3.05) is 0 Å². The lowest BCUT2D eigenvalue weighted by Crippen LogP contribution is -2.14. The van der Waals surface area contributed by atoms with Crippen LogP contribution in [0.25, 0.3) is 0 Å². The van der Waals surface area contributed by atoms with E-state index in [0.717, 1.165) is 0 Å². The third-order valence-electron chi connectivity index (χ3n) is 1.35. The molecule has 0 aromatic carbocycles. The van der Waals surface area contributed by atoms with E-state index in [-0.39, 0.29) is 11.6 Å². The van der Waals surface area contributed by atoms with Crippen molar-refractivity contribution in [2.24, 2.45) is 5.73 Å². The first kappa shape index (κ1) is 9.09. The quantitative estimate of drug-likeness (QED) is 0.754. The molecule has 0 aliphatic carbocycles. The molecule has 0 unspecified atom stereocenters. The van der Waals surface area contributed by atoms with Gasteiger partial charge < -0.3 is 15.3 Å². The molecule has 0 radical (unpaired) electrons. The van der Waals surface area contributed by atoms with E-state index < -0.39 is 12.0 Å². The van der Waals surface area contributed by atoms with Crippen LogP contribution in [0.3, 0.4) is 0 Å². The van der Waals surface area contributed by atoms with E-state index in [2.05, 4.69) is 0 Å². The van der Waals surface area contributed by atoms with Gasteiger partial charge in [-0.3, -0.25) is 4.79 Å². The molecular formula is C7H8ClNO3. The maximum absolute atomic E-state index is 10.2. The van der Waals surface area contributed by atoms with Crippen LogP contribution in [0.4, 0.5) is 0 Å². The normalized spacial score (nSPS) is 12.8. The molecule has 0 bridgehead atoms. The zero-order valence-electron chi connectivity index (χ0n) is 6.16. The topological polar surface area (TPSA) is 76.5 Å². The molecule has 12 heavy (non-hydrogen) atoms. The molecule has 1 heterocycles. The predicted molar refractivity (Wildman–Crippen MR) is 42.9 cm³/mol. The summed E-state index contributed by atoms with van der Waals surface area (Å²) in [6, 6.07) is 2.46. The van der Waals surface area contributed by atoms with Gasteiger partial charge in [0.1, 0.15) is 5.76 Å². The van der Waals surface area contributed by atoms with Gasteiger partial charge in [0.15, 0.2) is 5.22 Å². The summed E-state index contributed by atoms with van der Waals surface area (Å²) in [6.45, 7) is 0. The molecule has 0 amide bonds. The van der Waals surface area contributed by atoms with E-state index in [4.69, 9.17) is 26.9 Å². The molecule has 1 aromatic rings. The van der Waals surface area contributed by atoms with Gasteiger partial charge in [0.25, 0.3) is 0 Å². The predicted octanol–water partition coefficient (Wildman–Crippen LogP) is 1.41. The summed E-state index contributed by atoms with van der Waals surface area (Å²) < 4.78 is 4.92. The highest BCUT2D eigenvalue weighted by atomic mass is 35.5. The molecule has 66 valence electrons. The van der Waals surface area contributed by atoms with Gasteiger partial charge in [0.05, 0.1) is 12.5 Å². The number of aliphatic carboxylic acids is 1.